The third-order valence-corrected chi connectivity index (χ3v) is 4.99. The Morgan fingerprint density at radius 2 is 2.07 bits per heavy atom. The van der Waals surface area contributed by atoms with Gasteiger partial charge in [-0.1, -0.05) is 43.3 Å². The van der Waals surface area contributed by atoms with Gasteiger partial charge in [-0.3, -0.25) is 4.99 Å². The van der Waals surface area contributed by atoms with Gasteiger partial charge in [0.25, 0.3) is 0 Å². The molecule has 6 nitrogen and oxygen atoms in total. The summed E-state index contributed by atoms with van der Waals surface area (Å²) in [4.78, 5) is 11.1. The topological polar surface area (TPSA) is 59.0 Å². The Bertz CT molecular complexity index is 773. The second-order valence-corrected chi connectivity index (χ2v) is 7.32. The van der Waals surface area contributed by atoms with Crippen LogP contribution in [0.2, 0.25) is 0 Å². The summed E-state index contributed by atoms with van der Waals surface area (Å²) in [5.41, 5.74) is 2.27. The molecule has 164 valence electrons. The molecule has 30 heavy (non-hydrogen) atoms. The van der Waals surface area contributed by atoms with Crippen molar-refractivity contribution in [3.63, 3.8) is 0 Å². The minimum absolute atomic E-state index is 0. The first-order valence-corrected chi connectivity index (χ1v) is 10.4. The molecule has 1 aromatic carbocycles. The molecule has 0 aliphatic carbocycles. The van der Waals surface area contributed by atoms with E-state index in [9.17, 15) is 0 Å². The van der Waals surface area contributed by atoms with Crippen LogP contribution in [0.3, 0.4) is 0 Å². The summed E-state index contributed by atoms with van der Waals surface area (Å²) >= 11 is 0. The fraction of sp³-hybridized carbons (Fsp3) is 0.478. The van der Waals surface area contributed by atoms with E-state index in [1.54, 1.807) is 6.20 Å². The van der Waals surface area contributed by atoms with Crippen LogP contribution in [-0.2, 0) is 17.9 Å². The van der Waals surface area contributed by atoms with Crippen LogP contribution in [0.1, 0.15) is 30.9 Å². The van der Waals surface area contributed by atoms with Crippen molar-refractivity contribution in [1.82, 2.24) is 15.2 Å². The lowest BCUT2D eigenvalue weighted by Crippen LogP contribution is -2.40. The summed E-state index contributed by atoms with van der Waals surface area (Å²) in [7, 11) is 1.83. The number of nitrogens with zero attached hydrogens (tertiary/aromatic N) is 3. The molecule has 0 saturated carbocycles. The summed E-state index contributed by atoms with van der Waals surface area (Å²) in [6, 6.07) is 14.3. The van der Waals surface area contributed by atoms with Crippen LogP contribution in [-0.4, -0.2) is 49.2 Å². The first kappa shape index (κ1) is 24.4. The van der Waals surface area contributed by atoms with Crippen LogP contribution in [0.25, 0.3) is 0 Å². The number of guanidine groups is 1. The third kappa shape index (κ3) is 7.43. The predicted octanol–water partition coefficient (Wildman–Crippen LogP) is 4.10. The Labute approximate surface area is 197 Å². The van der Waals surface area contributed by atoms with E-state index in [-0.39, 0.29) is 24.0 Å². The lowest BCUT2D eigenvalue weighted by molar-refractivity contribution is 0.0906. The van der Waals surface area contributed by atoms with E-state index in [4.69, 9.17) is 9.47 Å². The van der Waals surface area contributed by atoms with Gasteiger partial charge in [0.05, 0.1) is 19.8 Å². The molecule has 1 atom stereocenters. The standard InChI is InChI=1S/C23H32N4O2.HI/c1-3-14-29-22-21(10-7-12-25-22)15-26-23(24-2)27-13-11-20(16-27)18-28-17-19-8-5-4-6-9-19;/h4-10,12,20H,3,11,13-18H2,1-2H3,(H,24,26);1H. The van der Waals surface area contributed by atoms with Crippen LogP contribution < -0.4 is 10.1 Å². The maximum Gasteiger partial charge on any atom is 0.218 e. The van der Waals surface area contributed by atoms with Gasteiger partial charge in [0, 0.05) is 44.4 Å². The van der Waals surface area contributed by atoms with Gasteiger partial charge in [0.15, 0.2) is 5.96 Å². The van der Waals surface area contributed by atoms with Gasteiger partial charge >= 0.3 is 0 Å². The molecule has 1 fully saturated rings. The minimum Gasteiger partial charge on any atom is -0.477 e. The van der Waals surface area contributed by atoms with Gasteiger partial charge < -0.3 is 19.7 Å². The van der Waals surface area contributed by atoms with Gasteiger partial charge in [0.2, 0.25) is 5.88 Å². The maximum atomic E-state index is 5.94. The SMILES string of the molecule is CCCOc1ncccc1CNC(=NC)N1CCC(COCc2ccccc2)C1.I. The Hall–Kier alpha value is -1.87. The first-order valence-electron chi connectivity index (χ1n) is 10.4. The number of nitrogens with one attached hydrogen (secondary N) is 1. The van der Waals surface area contributed by atoms with E-state index in [2.05, 4.69) is 39.2 Å². The normalized spacial score (nSPS) is 16.3. The number of ether oxygens (including phenoxy) is 2. The summed E-state index contributed by atoms with van der Waals surface area (Å²) in [6.07, 6.45) is 3.85. The molecule has 0 spiro atoms. The molecule has 0 radical (unpaired) electrons. The van der Waals surface area contributed by atoms with Crippen molar-refractivity contribution in [3.8, 4) is 5.88 Å². The molecular formula is C23H33IN4O2. The summed E-state index contributed by atoms with van der Waals surface area (Å²) < 4.78 is 11.7. The van der Waals surface area contributed by atoms with Gasteiger partial charge in [-0.2, -0.15) is 0 Å². The molecule has 1 aliphatic heterocycles. The molecule has 0 bridgehead atoms. The van der Waals surface area contributed by atoms with E-state index in [0.29, 0.717) is 31.6 Å². The van der Waals surface area contributed by atoms with Crippen molar-refractivity contribution in [2.24, 2.45) is 10.9 Å². The van der Waals surface area contributed by atoms with Crippen molar-refractivity contribution in [3.05, 3.63) is 59.8 Å². The van der Waals surface area contributed by atoms with Gasteiger partial charge in [0.1, 0.15) is 0 Å². The molecule has 1 aliphatic rings. The Morgan fingerprint density at radius 1 is 1.23 bits per heavy atom. The fourth-order valence-corrected chi connectivity index (χ4v) is 3.47. The first-order chi connectivity index (χ1) is 14.3. The number of hydrogen-bond acceptors (Lipinski definition) is 4. The largest absolute Gasteiger partial charge is 0.477 e. The molecule has 2 aromatic rings. The number of hydrogen-bond donors (Lipinski definition) is 1. The van der Waals surface area contributed by atoms with Crippen LogP contribution >= 0.6 is 24.0 Å². The average molecular weight is 524 g/mol. The number of benzene rings is 1. The molecule has 7 heteroatoms. The summed E-state index contributed by atoms with van der Waals surface area (Å²) in [5, 5.41) is 3.46. The highest BCUT2D eigenvalue weighted by Crippen LogP contribution is 2.18. The molecule has 2 heterocycles. The number of aliphatic imine (C=N–C) groups is 1. The van der Waals surface area contributed by atoms with E-state index in [0.717, 1.165) is 44.1 Å². The van der Waals surface area contributed by atoms with E-state index >= 15 is 0 Å². The van der Waals surface area contributed by atoms with Crippen LogP contribution in [0, 0.1) is 5.92 Å². The number of pyridine rings is 1. The molecule has 3 rings (SSSR count). The smallest absolute Gasteiger partial charge is 0.218 e. The van der Waals surface area contributed by atoms with Crippen LogP contribution in [0.15, 0.2) is 53.7 Å². The molecular weight excluding hydrogens is 491 g/mol. The Balaban J connectivity index is 0.00000320. The number of halogens is 1. The second kappa shape index (κ2) is 13.4. The van der Waals surface area contributed by atoms with Gasteiger partial charge in [-0.05, 0) is 24.5 Å². The van der Waals surface area contributed by atoms with Crippen molar-refractivity contribution < 1.29 is 9.47 Å². The highest BCUT2D eigenvalue weighted by Gasteiger charge is 2.25. The van der Waals surface area contributed by atoms with Crippen LogP contribution in [0.5, 0.6) is 5.88 Å². The molecule has 1 N–H and O–H groups in total. The van der Waals surface area contributed by atoms with E-state index < -0.39 is 0 Å². The van der Waals surface area contributed by atoms with Crippen molar-refractivity contribution in [2.45, 2.75) is 32.9 Å². The number of aromatic nitrogens is 1. The van der Waals surface area contributed by atoms with Crippen LogP contribution in [0.4, 0.5) is 0 Å². The van der Waals surface area contributed by atoms with Crippen molar-refractivity contribution >= 4 is 29.9 Å². The quantitative estimate of drug-likeness (QED) is 0.304. The van der Waals surface area contributed by atoms with E-state index in [1.165, 1.54) is 5.56 Å². The van der Waals surface area contributed by atoms with Crippen molar-refractivity contribution in [2.75, 3.05) is 33.4 Å². The number of rotatable bonds is 9. The van der Waals surface area contributed by atoms with Crippen molar-refractivity contribution in [1.29, 1.82) is 0 Å². The number of likely N-dealkylation sites (tertiary alicyclic amines) is 1. The van der Waals surface area contributed by atoms with Gasteiger partial charge in [-0.25, -0.2) is 4.98 Å². The Morgan fingerprint density at radius 3 is 2.83 bits per heavy atom. The monoisotopic (exact) mass is 524 g/mol. The van der Waals surface area contributed by atoms with E-state index in [1.807, 2.05) is 37.4 Å². The molecule has 1 unspecified atom stereocenters. The second-order valence-electron chi connectivity index (χ2n) is 7.32. The average Bonchev–Trinajstić information content (AvgIpc) is 3.23. The lowest BCUT2D eigenvalue weighted by Gasteiger charge is -2.22. The third-order valence-electron chi connectivity index (χ3n) is 4.99. The highest BCUT2D eigenvalue weighted by molar-refractivity contribution is 14.0. The minimum atomic E-state index is 0. The molecule has 0 amide bonds. The predicted molar refractivity (Wildman–Crippen MR) is 131 cm³/mol. The molecule has 1 aromatic heterocycles. The van der Waals surface area contributed by atoms with Gasteiger partial charge in [-0.15, -0.1) is 24.0 Å². The Kier molecular flexibility index (Phi) is 10.9. The fourth-order valence-electron chi connectivity index (χ4n) is 3.47. The molecule has 1 saturated heterocycles. The zero-order valence-electron chi connectivity index (χ0n) is 17.9. The lowest BCUT2D eigenvalue weighted by atomic mass is 10.1. The summed E-state index contributed by atoms with van der Waals surface area (Å²) in [5.74, 6) is 2.14. The maximum absolute atomic E-state index is 5.94. The zero-order chi connectivity index (χ0) is 20.3. The summed E-state index contributed by atoms with van der Waals surface area (Å²) in [6.45, 7) is 6.81. The zero-order valence-corrected chi connectivity index (χ0v) is 20.2. The highest BCUT2D eigenvalue weighted by atomic mass is 127.